The standard InChI is InChI=1S/C14H19N3O/c1-10(2)7-12(9-16)14(18)17-13-6-4-3-5-11(13)8-15/h3-6,10,12H,7,9,16H2,1-2H3,(H,17,18). The van der Waals surface area contributed by atoms with Gasteiger partial charge in [-0.1, -0.05) is 26.0 Å². The SMILES string of the molecule is CC(C)CC(CN)C(=O)Nc1ccccc1C#N. The largest absolute Gasteiger partial charge is 0.330 e. The van der Waals surface area contributed by atoms with Gasteiger partial charge in [0.1, 0.15) is 6.07 Å². The molecule has 4 heteroatoms. The van der Waals surface area contributed by atoms with Crippen molar-refractivity contribution in [3.63, 3.8) is 0 Å². The molecule has 1 amide bonds. The van der Waals surface area contributed by atoms with Crippen molar-refractivity contribution >= 4 is 11.6 Å². The summed E-state index contributed by atoms with van der Waals surface area (Å²) < 4.78 is 0. The number of nitriles is 1. The molecule has 0 aliphatic carbocycles. The second-order valence-electron chi connectivity index (χ2n) is 4.71. The molecule has 4 nitrogen and oxygen atoms in total. The molecule has 3 N–H and O–H groups in total. The third-order valence-corrected chi connectivity index (χ3v) is 2.72. The van der Waals surface area contributed by atoms with Crippen LogP contribution in [0.2, 0.25) is 0 Å². The van der Waals surface area contributed by atoms with Gasteiger partial charge in [0.15, 0.2) is 0 Å². The summed E-state index contributed by atoms with van der Waals surface area (Å²) in [6, 6.07) is 9.01. The van der Waals surface area contributed by atoms with Crippen LogP contribution in [0.1, 0.15) is 25.8 Å². The van der Waals surface area contributed by atoms with Gasteiger partial charge in [-0.3, -0.25) is 4.79 Å². The van der Waals surface area contributed by atoms with Crippen LogP contribution in [-0.2, 0) is 4.79 Å². The molecule has 0 saturated heterocycles. The molecule has 1 unspecified atom stereocenters. The van der Waals surface area contributed by atoms with Gasteiger partial charge in [0.05, 0.1) is 17.2 Å². The summed E-state index contributed by atoms with van der Waals surface area (Å²) in [6.07, 6.45) is 0.747. The fraction of sp³-hybridized carbons (Fsp3) is 0.429. The van der Waals surface area contributed by atoms with E-state index in [1.54, 1.807) is 24.3 Å². The van der Waals surface area contributed by atoms with E-state index in [2.05, 4.69) is 25.2 Å². The number of nitrogens with two attached hydrogens (primary N) is 1. The van der Waals surface area contributed by atoms with Gasteiger partial charge >= 0.3 is 0 Å². The zero-order valence-electron chi connectivity index (χ0n) is 10.8. The van der Waals surface area contributed by atoms with E-state index < -0.39 is 0 Å². The van der Waals surface area contributed by atoms with E-state index in [0.717, 1.165) is 6.42 Å². The van der Waals surface area contributed by atoms with Gasteiger partial charge < -0.3 is 11.1 Å². The Kier molecular flexibility index (Phi) is 5.34. The Hall–Kier alpha value is -1.86. The smallest absolute Gasteiger partial charge is 0.228 e. The molecule has 0 heterocycles. The molecule has 18 heavy (non-hydrogen) atoms. The highest BCUT2D eigenvalue weighted by atomic mass is 16.1. The average Bonchev–Trinajstić information content (AvgIpc) is 2.36. The number of hydrogen-bond donors (Lipinski definition) is 2. The first-order valence-electron chi connectivity index (χ1n) is 6.08. The van der Waals surface area contributed by atoms with E-state index >= 15 is 0 Å². The molecule has 1 rings (SSSR count). The monoisotopic (exact) mass is 245 g/mol. The summed E-state index contributed by atoms with van der Waals surface area (Å²) in [5.41, 5.74) is 6.63. The Bertz CT molecular complexity index is 449. The summed E-state index contributed by atoms with van der Waals surface area (Å²) in [5, 5.41) is 11.7. The maximum Gasteiger partial charge on any atom is 0.228 e. The summed E-state index contributed by atoms with van der Waals surface area (Å²) in [7, 11) is 0. The molecule has 0 aliphatic rings. The van der Waals surface area contributed by atoms with Gasteiger partial charge in [0, 0.05) is 6.54 Å². The Labute approximate surface area is 108 Å². The molecule has 0 radical (unpaired) electrons. The number of nitrogens with one attached hydrogen (secondary N) is 1. The van der Waals surface area contributed by atoms with Crippen molar-refractivity contribution in [2.45, 2.75) is 20.3 Å². The third-order valence-electron chi connectivity index (χ3n) is 2.72. The van der Waals surface area contributed by atoms with Crippen LogP contribution < -0.4 is 11.1 Å². The average molecular weight is 245 g/mol. The van der Waals surface area contributed by atoms with E-state index in [1.807, 2.05) is 0 Å². The number of amides is 1. The van der Waals surface area contributed by atoms with Crippen LogP contribution in [0.5, 0.6) is 0 Å². The third kappa shape index (κ3) is 3.86. The van der Waals surface area contributed by atoms with Crippen molar-refractivity contribution in [1.29, 1.82) is 5.26 Å². The minimum absolute atomic E-state index is 0.117. The molecule has 0 saturated carbocycles. The highest BCUT2D eigenvalue weighted by Gasteiger charge is 2.18. The number of carbonyl (C=O) groups is 1. The number of benzene rings is 1. The quantitative estimate of drug-likeness (QED) is 0.834. The van der Waals surface area contributed by atoms with E-state index in [1.165, 1.54) is 0 Å². The van der Waals surface area contributed by atoms with Crippen LogP contribution >= 0.6 is 0 Å². The first kappa shape index (κ1) is 14.2. The fourth-order valence-corrected chi connectivity index (χ4v) is 1.80. The molecule has 0 aliphatic heterocycles. The Morgan fingerprint density at radius 1 is 1.44 bits per heavy atom. The van der Waals surface area contributed by atoms with Crippen molar-refractivity contribution in [3.8, 4) is 6.07 Å². The maximum absolute atomic E-state index is 12.0. The predicted molar refractivity (Wildman–Crippen MR) is 71.8 cm³/mol. The zero-order valence-corrected chi connectivity index (χ0v) is 10.8. The number of rotatable bonds is 5. The minimum Gasteiger partial charge on any atom is -0.330 e. The van der Waals surface area contributed by atoms with E-state index in [-0.39, 0.29) is 11.8 Å². The summed E-state index contributed by atoms with van der Waals surface area (Å²) >= 11 is 0. The van der Waals surface area contributed by atoms with Crippen molar-refractivity contribution in [2.24, 2.45) is 17.6 Å². The highest BCUT2D eigenvalue weighted by molar-refractivity contribution is 5.93. The topological polar surface area (TPSA) is 78.9 Å². The molecule has 0 spiro atoms. The van der Waals surface area contributed by atoms with Crippen LogP contribution in [-0.4, -0.2) is 12.5 Å². The number of carbonyl (C=O) groups excluding carboxylic acids is 1. The Balaban J connectivity index is 2.77. The maximum atomic E-state index is 12.0. The minimum atomic E-state index is -0.211. The zero-order chi connectivity index (χ0) is 13.5. The molecule has 0 bridgehead atoms. The number of para-hydroxylation sites is 1. The normalized spacial score (nSPS) is 11.9. The summed E-state index contributed by atoms with van der Waals surface area (Å²) in [4.78, 5) is 12.0. The number of anilines is 1. The lowest BCUT2D eigenvalue weighted by Crippen LogP contribution is -2.30. The highest BCUT2D eigenvalue weighted by Crippen LogP contribution is 2.17. The van der Waals surface area contributed by atoms with Crippen molar-refractivity contribution in [3.05, 3.63) is 29.8 Å². The predicted octanol–water partition coefficient (Wildman–Crippen LogP) is 2.12. The molecule has 1 aromatic carbocycles. The van der Waals surface area contributed by atoms with Gasteiger partial charge in [0.25, 0.3) is 0 Å². The van der Waals surface area contributed by atoms with Crippen LogP contribution in [0.15, 0.2) is 24.3 Å². The molecule has 1 aromatic rings. The Morgan fingerprint density at radius 3 is 2.67 bits per heavy atom. The lowest BCUT2D eigenvalue weighted by atomic mass is 9.96. The molecule has 0 fully saturated rings. The van der Waals surface area contributed by atoms with E-state index in [0.29, 0.717) is 23.7 Å². The molecular weight excluding hydrogens is 226 g/mol. The van der Waals surface area contributed by atoms with Gasteiger partial charge in [-0.2, -0.15) is 5.26 Å². The van der Waals surface area contributed by atoms with Crippen LogP contribution in [0.3, 0.4) is 0 Å². The fourth-order valence-electron chi connectivity index (χ4n) is 1.80. The van der Waals surface area contributed by atoms with Crippen LogP contribution in [0.25, 0.3) is 0 Å². The lowest BCUT2D eigenvalue weighted by molar-refractivity contribution is -0.120. The summed E-state index contributed by atoms with van der Waals surface area (Å²) in [5.74, 6) is 0.0844. The molecule has 0 aromatic heterocycles. The van der Waals surface area contributed by atoms with Crippen molar-refractivity contribution in [2.75, 3.05) is 11.9 Å². The lowest BCUT2D eigenvalue weighted by Gasteiger charge is -2.17. The van der Waals surface area contributed by atoms with Crippen molar-refractivity contribution < 1.29 is 4.79 Å². The number of hydrogen-bond acceptors (Lipinski definition) is 3. The van der Waals surface area contributed by atoms with E-state index in [9.17, 15) is 4.79 Å². The molecule has 96 valence electrons. The molecule has 1 atom stereocenters. The van der Waals surface area contributed by atoms with Crippen molar-refractivity contribution in [1.82, 2.24) is 0 Å². The van der Waals surface area contributed by atoms with Gasteiger partial charge in [0.2, 0.25) is 5.91 Å². The van der Waals surface area contributed by atoms with Crippen LogP contribution in [0.4, 0.5) is 5.69 Å². The summed E-state index contributed by atoms with van der Waals surface area (Å²) in [6.45, 7) is 4.43. The van der Waals surface area contributed by atoms with Gasteiger partial charge in [-0.05, 0) is 24.5 Å². The first-order valence-corrected chi connectivity index (χ1v) is 6.08. The van der Waals surface area contributed by atoms with Crippen LogP contribution in [0, 0.1) is 23.2 Å². The van der Waals surface area contributed by atoms with E-state index in [4.69, 9.17) is 11.0 Å². The molecular formula is C14H19N3O. The first-order chi connectivity index (χ1) is 8.58. The Morgan fingerprint density at radius 2 is 2.11 bits per heavy atom. The van der Waals surface area contributed by atoms with Gasteiger partial charge in [-0.25, -0.2) is 0 Å². The second-order valence-corrected chi connectivity index (χ2v) is 4.71. The second kappa shape index (κ2) is 6.77. The number of nitrogens with zero attached hydrogens (tertiary/aromatic N) is 1. The van der Waals surface area contributed by atoms with Gasteiger partial charge in [-0.15, -0.1) is 0 Å².